The van der Waals surface area contributed by atoms with Gasteiger partial charge in [0.15, 0.2) is 0 Å². The maximum Gasteiger partial charge on any atom is 0.255 e. The van der Waals surface area contributed by atoms with E-state index in [4.69, 9.17) is 0 Å². The van der Waals surface area contributed by atoms with Crippen molar-refractivity contribution in [3.63, 3.8) is 0 Å². The molecule has 2 rings (SSSR count). The van der Waals surface area contributed by atoms with Gasteiger partial charge in [-0.15, -0.1) is 12.6 Å². The van der Waals surface area contributed by atoms with E-state index in [1.165, 1.54) is 18.2 Å². The summed E-state index contributed by atoms with van der Waals surface area (Å²) in [6, 6.07) is 9.56. The van der Waals surface area contributed by atoms with Crippen molar-refractivity contribution in [3.8, 4) is 0 Å². The zero-order chi connectivity index (χ0) is 14.0. The summed E-state index contributed by atoms with van der Waals surface area (Å²) >= 11 is 7.35. The Hall–Kier alpha value is -1.33. The Morgan fingerprint density at radius 2 is 2.00 bits per heavy atom. The van der Waals surface area contributed by atoms with Crippen LogP contribution in [0.3, 0.4) is 0 Å². The number of halogens is 2. The van der Waals surface area contributed by atoms with Crippen molar-refractivity contribution in [1.29, 1.82) is 0 Å². The van der Waals surface area contributed by atoms with E-state index in [-0.39, 0.29) is 10.8 Å². The molecule has 0 spiro atoms. The van der Waals surface area contributed by atoms with Gasteiger partial charge in [-0.1, -0.05) is 15.9 Å². The number of carbonyl (C=O) groups is 1. The van der Waals surface area contributed by atoms with E-state index in [0.717, 1.165) is 10.0 Å². The highest BCUT2D eigenvalue weighted by molar-refractivity contribution is 9.10. The molecule has 2 aromatic rings. The molecule has 0 aliphatic heterocycles. The summed E-state index contributed by atoms with van der Waals surface area (Å²) in [6.07, 6.45) is 0. The Labute approximate surface area is 124 Å². The van der Waals surface area contributed by atoms with E-state index in [1.807, 2.05) is 19.1 Å². The van der Waals surface area contributed by atoms with Crippen LogP contribution in [0.2, 0.25) is 0 Å². The van der Waals surface area contributed by atoms with Crippen LogP contribution in [0.15, 0.2) is 45.8 Å². The summed E-state index contributed by atoms with van der Waals surface area (Å²) < 4.78 is 14.0. The highest BCUT2D eigenvalue weighted by Gasteiger charge is 2.09. The molecule has 98 valence electrons. The number of thiol groups is 1. The highest BCUT2D eigenvalue weighted by Crippen LogP contribution is 2.21. The SMILES string of the molecule is Cc1cc(NC(=O)c2ccc(F)c(S)c2)ccc1Br. The van der Waals surface area contributed by atoms with Gasteiger partial charge in [0, 0.05) is 20.6 Å². The van der Waals surface area contributed by atoms with Crippen molar-refractivity contribution < 1.29 is 9.18 Å². The zero-order valence-corrected chi connectivity index (χ0v) is 12.6. The lowest BCUT2D eigenvalue weighted by Crippen LogP contribution is -2.12. The predicted octanol–water partition coefficient (Wildman–Crippen LogP) is 4.44. The molecule has 2 aromatic carbocycles. The molecule has 0 aliphatic rings. The zero-order valence-electron chi connectivity index (χ0n) is 10.1. The van der Waals surface area contributed by atoms with Gasteiger partial charge >= 0.3 is 0 Å². The summed E-state index contributed by atoms with van der Waals surface area (Å²) in [5, 5.41) is 2.76. The molecule has 0 radical (unpaired) electrons. The molecule has 0 atom stereocenters. The van der Waals surface area contributed by atoms with Gasteiger partial charge < -0.3 is 5.32 Å². The molecule has 1 amide bonds. The van der Waals surface area contributed by atoms with Gasteiger partial charge in [-0.2, -0.15) is 0 Å². The number of benzene rings is 2. The van der Waals surface area contributed by atoms with Gasteiger partial charge in [0.05, 0.1) is 0 Å². The minimum absolute atomic E-state index is 0.152. The van der Waals surface area contributed by atoms with Gasteiger partial charge in [-0.3, -0.25) is 4.79 Å². The third-order valence-corrected chi connectivity index (χ3v) is 3.86. The van der Waals surface area contributed by atoms with Crippen molar-refractivity contribution >= 4 is 40.2 Å². The quantitative estimate of drug-likeness (QED) is 0.778. The molecule has 19 heavy (non-hydrogen) atoms. The molecule has 0 unspecified atom stereocenters. The van der Waals surface area contributed by atoms with E-state index in [9.17, 15) is 9.18 Å². The molecule has 0 bridgehead atoms. The standard InChI is InChI=1S/C14H11BrFNOS/c1-8-6-10(3-4-11(8)15)17-14(18)9-2-5-12(16)13(19)7-9/h2-7,19H,1H3,(H,17,18). The molecule has 0 aliphatic carbocycles. The molecule has 0 saturated heterocycles. The Kier molecular flexibility index (Phi) is 4.27. The number of carbonyl (C=O) groups excluding carboxylic acids is 1. The summed E-state index contributed by atoms with van der Waals surface area (Å²) in [5.41, 5.74) is 2.08. The average molecular weight is 340 g/mol. The fourth-order valence-electron chi connectivity index (χ4n) is 1.58. The van der Waals surface area contributed by atoms with E-state index in [0.29, 0.717) is 11.3 Å². The number of anilines is 1. The van der Waals surface area contributed by atoms with Crippen molar-refractivity contribution in [2.75, 3.05) is 5.32 Å². The lowest BCUT2D eigenvalue weighted by Gasteiger charge is -2.07. The monoisotopic (exact) mass is 339 g/mol. The van der Waals surface area contributed by atoms with Crippen LogP contribution in [0.5, 0.6) is 0 Å². The Morgan fingerprint density at radius 3 is 2.63 bits per heavy atom. The second-order valence-corrected chi connectivity index (χ2v) is 5.42. The van der Waals surface area contributed by atoms with Crippen LogP contribution in [0.25, 0.3) is 0 Å². The summed E-state index contributed by atoms with van der Waals surface area (Å²) in [5.74, 6) is -0.739. The molecule has 0 saturated carbocycles. The molecule has 1 N–H and O–H groups in total. The molecule has 0 heterocycles. The minimum Gasteiger partial charge on any atom is -0.322 e. The number of hydrogen-bond acceptors (Lipinski definition) is 2. The first-order valence-corrected chi connectivity index (χ1v) is 6.77. The van der Waals surface area contributed by atoms with E-state index in [1.54, 1.807) is 6.07 Å². The number of amides is 1. The summed E-state index contributed by atoms with van der Waals surface area (Å²) in [7, 11) is 0. The number of hydrogen-bond donors (Lipinski definition) is 2. The van der Waals surface area contributed by atoms with Crippen molar-refractivity contribution in [2.24, 2.45) is 0 Å². The first-order chi connectivity index (χ1) is 8.97. The lowest BCUT2D eigenvalue weighted by atomic mass is 10.2. The first kappa shape index (κ1) is 14.1. The maximum absolute atomic E-state index is 13.1. The minimum atomic E-state index is -0.445. The predicted molar refractivity (Wildman–Crippen MR) is 80.5 cm³/mol. The maximum atomic E-state index is 13.1. The van der Waals surface area contributed by atoms with Crippen LogP contribution in [0.1, 0.15) is 15.9 Å². The van der Waals surface area contributed by atoms with Crippen LogP contribution >= 0.6 is 28.6 Å². The topological polar surface area (TPSA) is 29.1 Å². The largest absolute Gasteiger partial charge is 0.322 e. The third-order valence-electron chi connectivity index (χ3n) is 2.62. The van der Waals surface area contributed by atoms with Gasteiger partial charge in [0.2, 0.25) is 0 Å². The Bertz CT molecular complexity index is 645. The number of aryl methyl sites for hydroxylation is 1. The van der Waals surface area contributed by atoms with Gasteiger partial charge in [-0.05, 0) is 48.9 Å². The Morgan fingerprint density at radius 1 is 1.26 bits per heavy atom. The van der Waals surface area contributed by atoms with E-state index in [2.05, 4.69) is 33.9 Å². The van der Waals surface area contributed by atoms with E-state index < -0.39 is 5.82 Å². The van der Waals surface area contributed by atoms with Crippen LogP contribution < -0.4 is 5.32 Å². The summed E-state index contributed by atoms with van der Waals surface area (Å²) in [6.45, 7) is 1.93. The Balaban J connectivity index is 2.20. The molecular formula is C14H11BrFNOS. The molecule has 2 nitrogen and oxygen atoms in total. The van der Waals surface area contributed by atoms with Crippen LogP contribution in [-0.2, 0) is 0 Å². The van der Waals surface area contributed by atoms with Crippen LogP contribution in [-0.4, -0.2) is 5.91 Å². The average Bonchev–Trinajstić information content (AvgIpc) is 2.37. The highest BCUT2D eigenvalue weighted by atomic mass is 79.9. The van der Waals surface area contributed by atoms with Crippen molar-refractivity contribution in [1.82, 2.24) is 0 Å². The van der Waals surface area contributed by atoms with Crippen molar-refractivity contribution in [2.45, 2.75) is 11.8 Å². The number of rotatable bonds is 2. The second kappa shape index (κ2) is 5.75. The summed E-state index contributed by atoms with van der Waals surface area (Å²) in [4.78, 5) is 12.1. The van der Waals surface area contributed by atoms with Gasteiger partial charge in [-0.25, -0.2) is 4.39 Å². The molecular weight excluding hydrogens is 329 g/mol. The molecule has 0 aromatic heterocycles. The normalized spacial score (nSPS) is 10.3. The van der Waals surface area contributed by atoms with E-state index >= 15 is 0 Å². The smallest absolute Gasteiger partial charge is 0.255 e. The third kappa shape index (κ3) is 3.36. The molecule has 5 heteroatoms. The van der Waals surface area contributed by atoms with Crippen LogP contribution in [0.4, 0.5) is 10.1 Å². The number of nitrogens with one attached hydrogen (secondary N) is 1. The first-order valence-electron chi connectivity index (χ1n) is 5.53. The van der Waals surface area contributed by atoms with Gasteiger partial charge in [0.1, 0.15) is 5.82 Å². The fraction of sp³-hybridized carbons (Fsp3) is 0.0714. The van der Waals surface area contributed by atoms with Gasteiger partial charge in [0.25, 0.3) is 5.91 Å². The fourth-order valence-corrected chi connectivity index (χ4v) is 2.04. The van der Waals surface area contributed by atoms with Crippen LogP contribution in [0, 0.1) is 12.7 Å². The lowest BCUT2D eigenvalue weighted by molar-refractivity contribution is 0.102. The van der Waals surface area contributed by atoms with Crippen molar-refractivity contribution in [3.05, 3.63) is 57.8 Å². The second-order valence-electron chi connectivity index (χ2n) is 4.08. The molecule has 0 fully saturated rings.